The van der Waals surface area contributed by atoms with Gasteiger partial charge >= 0.3 is 5.97 Å². The molecule has 2 N–H and O–H groups in total. The second kappa shape index (κ2) is 10.1. The number of nitrogens with two attached hydrogens (primary N) is 1. The average Bonchev–Trinajstić information content (AvgIpc) is 3.21. The lowest BCUT2D eigenvalue weighted by Crippen LogP contribution is -2.27. The second-order valence-electron chi connectivity index (χ2n) is 4.64. The lowest BCUT2D eigenvalue weighted by atomic mass is 10.1. The Bertz CT molecular complexity index is 245. The second-order valence-corrected chi connectivity index (χ2v) is 4.64. The summed E-state index contributed by atoms with van der Waals surface area (Å²) in [5.41, 5.74) is 5.83. The zero-order chi connectivity index (χ0) is 13.9. The van der Waals surface area contributed by atoms with Gasteiger partial charge in [-0.05, 0) is 18.8 Å². The summed E-state index contributed by atoms with van der Waals surface area (Å²) in [7, 11) is 1.63. The van der Waals surface area contributed by atoms with Crippen LogP contribution in [-0.4, -0.2) is 58.8 Å². The Morgan fingerprint density at radius 2 is 1.68 bits per heavy atom. The standard InChI is InChI=1S/C13H25NO5/c1-16-4-5-17-6-7-18-8-9-19-13(15)10-12(14)11-2-3-11/h11-12H,2-10,14H2,1H3. The van der Waals surface area contributed by atoms with E-state index >= 15 is 0 Å². The number of methoxy groups -OCH3 is 1. The van der Waals surface area contributed by atoms with Gasteiger partial charge in [0.25, 0.3) is 0 Å². The first-order valence-corrected chi connectivity index (χ1v) is 6.79. The molecule has 0 aliphatic heterocycles. The number of hydrogen-bond donors (Lipinski definition) is 1. The molecule has 0 amide bonds. The molecule has 0 spiro atoms. The molecular formula is C13H25NO5. The molecule has 0 radical (unpaired) electrons. The van der Waals surface area contributed by atoms with Crippen molar-refractivity contribution in [1.82, 2.24) is 0 Å². The SMILES string of the molecule is COCCOCCOCCOC(=O)CC(N)C1CC1. The van der Waals surface area contributed by atoms with Crippen molar-refractivity contribution in [2.75, 3.05) is 46.8 Å². The Labute approximate surface area is 114 Å². The van der Waals surface area contributed by atoms with Crippen molar-refractivity contribution in [3.63, 3.8) is 0 Å². The third-order valence-corrected chi connectivity index (χ3v) is 2.92. The molecule has 112 valence electrons. The molecule has 6 heteroatoms. The Morgan fingerprint density at radius 3 is 2.26 bits per heavy atom. The number of ether oxygens (including phenoxy) is 4. The van der Waals surface area contributed by atoms with Crippen LogP contribution >= 0.6 is 0 Å². The maximum absolute atomic E-state index is 11.4. The molecule has 0 bridgehead atoms. The van der Waals surface area contributed by atoms with Gasteiger partial charge in [0.05, 0.1) is 39.5 Å². The summed E-state index contributed by atoms with van der Waals surface area (Å²) in [5.74, 6) is 0.285. The molecule has 1 aliphatic rings. The minimum Gasteiger partial charge on any atom is -0.463 e. The summed E-state index contributed by atoms with van der Waals surface area (Å²) in [5, 5.41) is 0. The van der Waals surface area contributed by atoms with Gasteiger partial charge in [0, 0.05) is 13.2 Å². The average molecular weight is 275 g/mol. The van der Waals surface area contributed by atoms with Crippen LogP contribution in [0.2, 0.25) is 0 Å². The third-order valence-electron chi connectivity index (χ3n) is 2.92. The van der Waals surface area contributed by atoms with Crippen LogP contribution < -0.4 is 5.73 Å². The summed E-state index contributed by atoms with van der Waals surface area (Å²) in [6, 6.07) is -0.0393. The van der Waals surface area contributed by atoms with Gasteiger partial charge in [-0.15, -0.1) is 0 Å². The van der Waals surface area contributed by atoms with Crippen LogP contribution in [0.5, 0.6) is 0 Å². The molecule has 0 aromatic rings. The van der Waals surface area contributed by atoms with Gasteiger partial charge in [0.1, 0.15) is 6.61 Å². The van der Waals surface area contributed by atoms with Crippen molar-refractivity contribution in [2.24, 2.45) is 11.7 Å². The lowest BCUT2D eigenvalue weighted by Gasteiger charge is -2.10. The van der Waals surface area contributed by atoms with Gasteiger partial charge in [0.2, 0.25) is 0 Å². The fourth-order valence-corrected chi connectivity index (χ4v) is 1.62. The van der Waals surface area contributed by atoms with E-state index in [0.717, 1.165) is 12.8 Å². The molecule has 19 heavy (non-hydrogen) atoms. The van der Waals surface area contributed by atoms with Crippen LogP contribution in [0.1, 0.15) is 19.3 Å². The quantitative estimate of drug-likeness (QED) is 0.408. The van der Waals surface area contributed by atoms with E-state index in [9.17, 15) is 4.79 Å². The highest BCUT2D eigenvalue weighted by Crippen LogP contribution is 2.32. The summed E-state index contributed by atoms with van der Waals surface area (Å²) < 4.78 is 20.3. The van der Waals surface area contributed by atoms with E-state index in [1.54, 1.807) is 7.11 Å². The van der Waals surface area contributed by atoms with E-state index in [-0.39, 0.29) is 18.6 Å². The van der Waals surface area contributed by atoms with Crippen LogP contribution in [0.3, 0.4) is 0 Å². The minimum atomic E-state index is -0.237. The summed E-state index contributed by atoms with van der Waals surface area (Å²) in [4.78, 5) is 11.4. The molecule has 0 aromatic heterocycles. The van der Waals surface area contributed by atoms with E-state index in [1.807, 2.05) is 0 Å². The largest absolute Gasteiger partial charge is 0.463 e. The molecule has 1 fully saturated rings. The zero-order valence-corrected chi connectivity index (χ0v) is 11.6. The minimum absolute atomic E-state index is 0.0393. The van der Waals surface area contributed by atoms with Gasteiger partial charge in [0.15, 0.2) is 0 Å². The van der Waals surface area contributed by atoms with Crippen molar-refractivity contribution in [1.29, 1.82) is 0 Å². The smallest absolute Gasteiger partial charge is 0.307 e. The Balaban J connectivity index is 1.80. The fourth-order valence-electron chi connectivity index (χ4n) is 1.62. The molecule has 1 saturated carbocycles. The van der Waals surface area contributed by atoms with E-state index in [2.05, 4.69) is 0 Å². The lowest BCUT2D eigenvalue weighted by molar-refractivity contribution is -0.145. The van der Waals surface area contributed by atoms with Gasteiger partial charge in [-0.3, -0.25) is 4.79 Å². The number of hydrogen-bond acceptors (Lipinski definition) is 6. The molecule has 1 rings (SSSR count). The predicted octanol–water partition coefficient (Wildman–Crippen LogP) is 0.337. The highest BCUT2D eigenvalue weighted by Gasteiger charge is 2.30. The highest BCUT2D eigenvalue weighted by atomic mass is 16.6. The highest BCUT2D eigenvalue weighted by molar-refractivity contribution is 5.70. The number of carbonyl (C=O) groups is 1. The van der Waals surface area contributed by atoms with Gasteiger partial charge in [-0.2, -0.15) is 0 Å². The maximum atomic E-state index is 11.4. The van der Waals surface area contributed by atoms with Crippen molar-refractivity contribution in [3.05, 3.63) is 0 Å². The molecule has 0 heterocycles. The van der Waals surface area contributed by atoms with Crippen LogP contribution in [0.4, 0.5) is 0 Å². The molecule has 0 aromatic carbocycles. The maximum Gasteiger partial charge on any atom is 0.307 e. The molecule has 1 unspecified atom stereocenters. The predicted molar refractivity (Wildman–Crippen MR) is 69.8 cm³/mol. The first kappa shape index (κ1) is 16.4. The normalized spacial score (nSPS) is 16.3. The summed E-state index contributed by atoms with van der Waals surface area (Å²) in [6.45, 7) is 2.81. The van der Waals surface area contributed by atoms with E-state index in [4.69, 9.17) is 24.7 Å². The number of esters is 1. The fraction of sp³-hybridized carbons (Fsp3) is 0.923. The van der Waals surface area contributed by atoms with Crippen LogP contribution in [0.15, 0.2) is 0 Å². The Morgan fingerprint density at radius 1 is 1.11 bits per heavy atom. The van der Waals surface area contributed by atoms with Gasteiger partial charge in [-0.25, -0.2) is 0 Å². The Kier molecular flexibility index (Phi) is 8.73. The molecular weight excluding hydrogens is 250 g/mol. The summed E-state index contributed by atoms with van der Waals surface area (Å²) in [6.07, 6.45) is 2.59. The Hall–Kier alpha value is -0.690. The van der Waals surface area contributed by atoms with E-state index in [0.29, 0.717) is 45.4 Å². The number of carbonyl (C=O) groups excluding carboxylic acids is 1. The van der Waals surface area contributed by atoms with E-state index < -0.39 is 0 Å². The third kappa shape index (κ3) is 8.93. The summed E-state index contributed by atoms with van der Waals surface area (Å²) >= 11 is 0. The molecule has 1 atom stereocenters. The first-order valence-electron chi connectivity index (χ1n) is 6.79. The zero-order valence-electron chi connectivity index (χ0n) is 11.6. The molecule has 0 saturated heterocycles. The van der Waals surface area contributed by atoms with Crippen molar-refractivity contribution >= 4 is 5.97 Å². The van der Waals surface area contributed by atoms with Crippen LogP contribution in [0, 0.1) is 5.92 Å². The first-order chi connectivity index (χ1) is 9.24. The van der Waals surface area contributed by atoms with E-state index in [1.165, 1.54) is 0 Å². The van der Waals surface area contributed by atoms with Crippen molar-refractivity contribution in [3.8, 4) is 0 Å². The van der Waals surface area contributed by atoms with Crippen LogP contribution in [0.25, 0.3) is 0 Å². The van der Waals surface area contributed by atoms with Gasteiger partial charge < -0.3 is 24.7 Å². The van der Waals surface area contributed by atoms with Crippen LogP contribution in [-0.2, 0) is 23.7 Å². The molecule has 1 aliphatic carbocycles. The number of rotatable bonds is 12. The van der Waals surface area contributed by atoms with Gasteiger partial charge in [-0.1, -0.05) is 0 Å². The molecule has 6 nitrogen and oxygen atoms in total. The monoisotopic (exact) mass is 275 g/mol. The van der Waals surface area contributed by atoms with Crippen molar-refractivity contribution < 1.29 is 23.7 Å². The van der Waals surface area contributed by atoms with Crippen molar-refractivity contribution in [2.45, 2.75) is 25.3 Å². The topological polar surface area (TPSA) is 80.0 Å².